The lowest BCUT2D eigenvalue weighted by molar-refractivity contribution is -0.140. The molecule has 1 aromatic heterocycles. The molecule has 0 radical (unpaired) electrons. The van der Waals surface area contributed by atoms with Crippen LogP contribution in [0.5, 0.6) is 0 Å². The second-order valence-electron chi connectivity index (χ2n) is 5.42. The molecule has 0 saturated carbocycles. The van der Waals surface area contributed by atoms with Crippen LogP contribution in [-0.2, 0) is 17.5 Å². The number of likely N-dealkylation sites (N-methyl/N-ethyl adjacent to an activating group) is 1. The number of β-amino-alcohol motifs (C(OH)–C–C–N with tert-alkyl or cyclic N) is 1. The fraction of sp³-hybridized carbons (Fsp3) is 0.692. The van der Waals surface area contributed by atoms with Crippen LogP contribution in [0, 0.1) is 0 Å². The van der Waals surface area contributed by atoms with E-state index in [2.05, 4.69) is 4.98 Å². The number of hydrogen-bond donors (Lipinski definition) is 1. The summed E-state index contributed by atoms with van der Waals surface area (Å²) in [4.78, 5) is 18.3. The van der Waals surface area contributed by atoms with E-state index in [0.29, 0.717) is 18.0 Å². The van der Waals surface area contributed by atoms with E-state index >= 15 is 0 Å². The number of halogens is 3. The molecule has 1 fully saturated rings. The SMILES string of the molecule is CN(Cc1nc(C(F)(F)F)cs1)CC(O)CN1CCCC1=O. The Kier molecular flexibility index (Phi) is 5.41. The van der Waals surface area contributed by atoms with Gasteiger partial charge in [-0.3, -0.25) is 9.69 Å². The fourth-order valence-electron chi connectivity index (χ4n) is 2.38. The van der Waals surface area contributed by atoms with Crippen molar-refractivity contribution < 1.29 is 23.1 Å². The molecular formula is C13H18F3N3O2S. The lowest BCUT2D eigenvalue weighted by Crippen LogP contribution is -2.39. The maximum Gasteiger partial charge on any atom is 0.434 e. The highest BCUT2D eigenvalue weighted by atomic mass is 32.1. The number of alkyl halides is 3. The third kappa shape index (κ3) is 4.65. The molecule has 0 aliphatic carbocycles. The number of aliphatic hydroxyl groups excluding tert-OH is 1. The Hall–Kier alpha value is -1.19. The zero-order valence-corrected chi connectivity index (χ0v) is 13.0. The van der Waals surface area contributed by atoms with Gasteiger partial charge in [0.1, 0.15) is 5.01 Å². The highest BCUT2D eigenvalue weighted by Crippen LogP contribution is 2.30. The predicted molar refractivity (Wildman–Crippen MR) is 75.3 cm³/mol. The standard InChI is InChI=1S/C13H18F3N3O2S/c1-18(5-9(20)6-19-4-2-3-12(19)21)7-11-17-10(8-22-11)13(14,15)16/h8-9,20H,2-7H2,1H3. The maximum atomic E-state index is 12.5. The molecule has 1 amide bonds. The Balaban J connectivity index is 1.80. The van der Waals surface area contributed by atoms with Gasteiger partial charge in [-0.15, -0.1) is 11.3 Å². The lowest BCUT2D eigenvalue weighted by atomic mass is 10.3. The molecule has 0 spiro atoms. The topological polar surface area (TPSA) is 56.7 Å². The van der Waals surface area contributed by atoms with Crippen molar-refractivity contribution in [3.63, 3.8) is 0 Å². The van der Waals surface area contributed by atoms with Crippen LogP contribution < -0.4 is 0 Å². The first-order valence-electron chi connectivity index (χ1n) is 6.91. The minimum atomic E-state index is -4.43. The number of carbonyl (C=O) groups excluding carboxylic acids is 1. The van der Waals surface area contributed by atoms with Crippen LogP contribution in [0.3, 0.4) is 0 Å². The third-order valence-electron chi connectivity index (χ3n) is 3.37. The number of aliphatic hydroxyl groups is 1. The van der Waals surface area contributed by atoms with Crippen LogP contribution >= 0.6 is 11.3 Å². The largest absolute Gasteiger partial charge is 0.434 e. The number of rotatable bonds is 6. The highest BCUT2D eigenvalue weighted by molar-refractivity contribution is 7.09. The van der Waals surface area contributed by atoms with Gasteiger partial charge in [0.25, 0.3) is 0 Å². The van der Waals surface area contributed by atoms with Gasteiger partial charge in [-0.1, -0.05) is 0 Å². The Morgan fingerprint density at radius 3 is 2.82 bits per heavy atom. The van der Waals surface area contributed by atoms with Gasteiger partial charge >= 0.3 is 6.18 Å². The van der Waals surface area contributed by atoms with Gasteiger partial charge in [-0.25, -0.2) is 4.98 Å². The summed E-state index contributed by atoms with van der Waals surface area (Å²) < 4.78 is 37.4. The minimum Gasteiger partial charge on any atom is -0.390 e. The number of thiazole rings is 1. The van der Waals surface area contributed by atoms with Crippen molar-refractivity contribution in [1.29, 1.82) is 0 Å². The van der Waals surface area contributed by atoms with Crippen molar-refractivity contribution in [3.05, 3.63) is 16.1 Å². The van der Waals surface area contributed by atoms with E-state index in [4.69, 9.17) is 0 Å². The summed E-state index contributed by atoms with van der Waals surface area (Å²) in [7, 11) is 1.70. The van der Waals surface area contributed by atoms with Gasteiger partial charge in [-0.2, -0.15) is 13.2 Å². The van der Waals surface area contributed by atoms with Crippen LogP contribution in [0.25, 0.3) is 0 Å². The van der Waals surface area contributed by atoms with Crippen LogP contribution in [0.15, 0.2) is 5.38 Å². The number of nitrogens with zero attached hydrogens (tertiary/aromatic N) is 3. The Morgan fingerprint density at radius 2 is 2.27 bits per heavy atom. The first-order valence-corrected chi connectivity index (χ1v) is 7.79. The summed E-state index contributed by atoms with van der Waals surface area (Å²) in [5, 5.41) is 11.3. The summed E-state index contributed by atoms with van der Waals surface area (Å²) in [5.74, 6) is 0.0384. The second kappa shape index (κ2) is 6.93. The number of aromatic nitrogens is 1. The minimum absolute atomic E-state index is 0.0384. The van der Waals surface area contributed by atoms with E-state index in [-0.39, 0.29) is 25.5 Å². The molecule has 1 aliphatic heterocycles. The van der Waals surface area contributed by atoms with E-state index in [1.807, 2.05) is 0 Å². The zero-order valence-electron chi connectivity index (χ0n) is 12.1. The summed E-state index contributed by atoms with van der Waals surface area (Å²) in [6.07, 6.45) is -3.83. The van der Waals surface area contributed by atoms with Gasteiger partial charge < -0.3 is 10.0 Å². The molecule has 5 nitrogen and oxygen atoms in total. The van der Waals surface area contributed by atoms with Gasteiger partial charge in [0.15, 0.2) is 5.69 Å². The summed E-state index contributed by atoms with van der Waals surface area (Å²) >= 11 is 0.946. The molecule has 22 heavy (non-hydrogen) atoms. The first kappa shape index (κ1) is 17.2. The zero-order chi connectivity index (χ0) is 16.3. The van der Waals surface area contributed by atoms with E-state index in [1.165, 1.54) is 0 Å². The summed E-state index contributed by atoms with van der Waals surface area (Å²) in [6.45, 7) is 1.41. The molecule has 9 heteroatoms. The van der Waals surface area contributed by atoms with Crippen molar-refractivity contribution >= 4 is 17.2 Å². The Labute approximate surface area is 130 Å². The average Bonchev–Trinajstić information content (AvgIpc) is 2.99. The number of hydrogen-bond acceptors (Lipinski definition) is 5. The van der Waals surface area contributed by atoms with Gasteiger partial charge in [0.05, 0.1) is 12.6 Å². The molecule has 1 aliphatic rings. The van der Waals surface area contributed by atoms with E-state index < -0.39 is 18.0 Å². The van der Waals surface area contributed by atoms with Gasteiger partial charge in [0, 0.05) is 31.4 Å². The fourth-order valence-corrected chi connectivity index (χ4v) is 3.26. The van der Waals surface area contributed by atoms with Crippen molar-refractivity contribution in [2.24, 2.45) is 0 Å². The van der Waals surface area contributed by atoms with E-state index in [9.17, 15) is 23.1 Å². The summed E-state index contributed by atoms with van der Waals surface area (Å²) in [5.41, 5.74) is -0.885. The third-order valence-corrected chi connectivity index (χ3v) is 4.21. The van der Waals surface area contributed by atoms with Gasteiger partial charge in [-0.05, 0) is 13.5 Å². The van der Waals surface area contributed by atoms with Crippen LogP contribution in [0.1, 0.15) is 23.5 Å². The van der Waals surface area contributed by atoms with E-state index in [0.717, 1.165) is 23.1 Å². The molecule has 1 aromatic rings. The number of carbonyl (C=O) groups is 1. The molecule has 1 saturated heterocycles. The molecule has 0 aromatic carbocycles. The predicted octanol–water partition coefficient (Wildman–Crippen LogP) is 1.58. The van der Waals surface area contributed by atoms with Crippen molar-refractivity contribution in [2.45, 2.75) is 31.7 Å². The first-order chi connectivity index (χ1) is 10.3. The van der Waals surface area contributed by atoms with Crippen LogP contribution in [-0.4, -0.2) is 58.6 Å². The molecule has 0 bridgehead atoms. The Morgan fingerprint density at radius 1 is 1.55 bits per heavy atom. The number of amides is 1. The normalized spacial score (nSPS) is 17.5. The second-order valence-corrected chi connectivity index (χ2v) is 6.36. The van der Waals surface area contributed by atoms with Crippen molar-refractivity contribution in [1.82, 2.24) is 14.8 Å². The molecule has 1 N–H and O–H groups in total. The molecule has 2 rings (SSSR count). The highest BCUT2D eigenvalue weighted by Gasteiger charge is 2.33. The van der Waals surface area contributed by atoms with Gasteiger partial charge in [0.2, 0.25) is 5.91 Å². The van der Waals surface area contributed by atoms with Crippen molar-refractivity contribution in [2.75, 3.05) is 26.7 Å². The smallest absolute Gasteiger partial charge is 0.390 e. The molecule has 2 heterocycles. The molecule has 124 valence electrons. The quantitative estimate of drug-likeness (QED) is 0.856. The monoisotopic (exact) mass is 337 g/mol. The number of likely N-dealkylation sites (tertiary alicyclic amines) is 1. The molecule has 1 unspecified atom stereocenters. The molecular weight excluding hydrogens is 319 g/mol. The maximum absolute atomic E-state index is 12.5. The summed E-state index contributed by atoms with van der Waals surface area (Å²) in [6, 6.07) is 0. The average molecular weight is 337 g/mol. The van der Waals surface area contributed by atoms with Crippen LogP contribution in [0.4, 0.5) is 13.2 Å². The van der Waals surface area contributed by atoms with Crippen molar-refractivity contribution in [3.8, 4) is 0 Å². The van der Waals surface area contributed by atoms with Crippen LogP contribution in [0.2, 0.25) is 0 Å². The lowest BCUT2D eigenvalue weighted by Gasteiger charge is -2.23. The Bertz CT molecular complexity index is 521. The molecule has 1 atom stereocenters. The van der Waals surface area contributed by atoms with E-state index in [1.54, 1.807) is 16.8 Å².